The van der Waals surface area contributed by atoms with Crippen LogP contribution in [0, 0.1) is 5.92 Å². The summed E-state index contributed by atoms with van der Waals surface area (Å²) in [7, 11) is 1.83. The first kappa shape index (κ1) is 15.9. The van der Waals surface area contributed by atoms with Gasteiger partial charge in [0.15, 0.2) is 0 Å². The molecule has 1 heterocycles. The molecule has 0 spiro atoms. The fourth-order valence-corrected chi connectivity index (χ4v) is 3.85. The molecule has 0 amide bonds. The molecule has 114 valence electrons. The third kappa shape index (κ3) is 4.54. The van der Waals surface area contributed by atoms with Gasteiger partial charge in [-0.25, -0.2) is 4.98 Å². The monoisotopic (exact) mass is 296 g/mol. The zero-order valence-corrected chi connectivity index (χ0v) is 14.1. The summed E-state index contributed by atoms with van der Waals surface area (Å²) in [5.74, 6) is 0.656. The second-order valence-electron chi connectivity index (χ2n) is 6.82. The van der Waals surface area contributed by atoms with E-state index in [4.69, 9.17) is 4.74 Å². The highest BCUT2D eigenvalue weighted by Gasteiger charge is 2.27. The predicted octanol–water partition coefficient (Wildman–Crippen LogP) is 4.30. The van der Waals surface area contributed by atoms with Gasteiger partial charge in [0.05, 0.1) is 0 Å². The van der Waals surface area contributed by atoms with Crippen LogP contribution in [0.4, 0.5) is 0 Å². The van der Waals surface area contributed by atoms with Gasteiger partial charge in [-0.1, -0.05) is 19.3 Å². The second-order valence-corrected chi connectivity index (χ2v) is 7.97. The fourth-order valence-electron chi connectivity index (χ4n) is 2.82. The van der Waals surface area contributed by atoms with Gasteiger partial charge in [0.2, 0.25) is 0 Å². The summed E-state index contributed by atoms with van der Waals surface area (Å²) >= 11 is 1.80. The Labute approximate surface area is 127 Å². The number of rotatable bonds is 5. The maximum atomic E-state index is 5.76. The minimum atomic E-state index is 0.147. The summed E-state index contributed by atoms with van der Waals surface area (Å²) in [6, 6.07) is 0. The summed E-state index contributed by atoms with van der Waals surface area (Å²) < 4.78 is 5.76. The number of ether oxygens (including phenoxy) is 1. The summed E-state index contributed by atoms with van der Waals surface area (Å²) in [5, 5.41) is 4.68. The number of nitrogens with one attached hydrogen (secondary N) is 1. The molecule has 1 aromatic rings. The lowest BCUT2D eigenvalue weighted by Gasteiger charge is -2.27. The number of hydrogen-bond donors (Lipinski definition) is 1. The molecule has 1 aliphatic rings. The molecular weight excluding hydrogens is 268 g/mol. The average Bonchev–Trinajstić information content (AvgIpc) is 2.87. The lowest BCUT2D eigenvalue weighted by atomic mass is 9.85. The van der Waals surface area contributed by atoms with Crippen molar-refractivity contribution in [1.29, 1.82) is 0 Å². The van der Waals surface area contributed by atoms with Crippen LogP contribution in [0.3, 0.4) is 0 Å². The van der Waals surface area contributed by atoms with Crippen molar-refractivity contribution in [2.24, 2.45) is 5.92 Å². The van der Waals surface area contributed by atoms with Crippen LogP contribution in [0.2, 0.25) is 0 Å². The zero-order chi connectivity index (χ0) is 14.6. The summed E-state index contributed by atoms with van der Waals surface area (Å²) in [4.78, 5) is 5.92. The van der Waals surface area contributed by atoms with E-state index in [0.29, 0.717) is 5.92 Å². The summed E-state index contributed by atoms with van der Waals surface area (Å²) in [6.45, 7) is 7.46. The topological polar surface area (TPSA) is 34.1 Å². The molecule has 1 unspecified atom stereocenters. The van der Waals surface area contributed by atoms with Crippen LogP contribution in [0.5, 0.6) is 0 Å². The molecule has 1 fully saturated rings. The highest BCUT2D eigenvalue weighted by molar-refractivity contribution is 7.11. The number of aromatic nitrogens is 1. The molecular formula is C16H28N2OS. The highest BCUT2D eigenvalue weighted by Crippen LogP contribution is 2.37. The molecule has 1 aliphatic carbocycles. The van der Waals surface area contributed by atoms with E-state index < -0.39 is 0 Å². The van der Waals surface area contributed by atoms with Gasteiger partial charge < -0.3 is 10.1 Å². The minimum Gasteiger partial charge on any atom is -0.374 e. The van der Waals surface area contributed by atoms with Crippen molar-refractivity contribution < 1.29 is 4.74 Å². The van der Waals surface area contributed by atoms with Crippen LogP contribution in [0.1, 0.15) is 68.9 Å². The van der Waals surface area contributed by atoms with Crippen LogP contribution in [-0.2, 0) is 11.3 Å². The molecule has 20 heavy (non-hydrogen) atoms. The van der Waals surface area contributed by atoms with E-state index in [1.54, 1.807) is 11.3 Å². The maximum absolute atomic E-state index is 5.76. The van der Waals surface area contributed by atoms with Crippen LogP contribution in [0.25, 0.3) is 0 Å². The van der Waals surface area contributed by atoms with E-state index in [0.717, 1.165) is 11.6 Å². The number of hydrogen-bond acceptors (Lipinski definition) is 4. The Bertz CT molecular complexity index is 405. The summed E-state index contributed by atoms with van der Waals surface area (Å²) in [5.41, 5.74) is 0.147. The van der Waals surface area contributed by atoms with Crippen molar-refractivity contribution in [3.05, 3.63) is 16.1 Å². The molecule has 0 aliphatic heterocycles. The second kappa shape index (κ2) is 7.01. The smallest absolute Gasteiger partial charge is 0.122 e. The first-order valence-corrected chi connectivity index (χ1v) is 8.53. The van der Waals surface area contributed by atoms with Gasteiger partial charge in [0, 0.05) is 30.3 Å². The van der Waals surface area contributed by atoms with E-state index in [2.05, 4.69) is 31.1 Å². The largest absolute Gasteiger partial charge is 0.374 e. The van der Waals surface area contributed by atoms with Crippen molar-refractivity contribution in [2.45, 2.75) is 71.1 Å². The van der Waals surface area contributed by atoms with Crippen molar-refractivity contribution in [3.63, 3.8) is 0 Å². The van der Waals surface area contributed by atoms with Crippen LogP contribution >= 0.6 is 11.3 Å². The molecule has 0 saturated heterocycles. The first-order chi connectivity index (χ1) is 9.49. The number of nitrogens with zero attached hydrogens (tertiary/aromatic N) is 1. The standard InChI is InChI=1S/C16H28N2OS/c1-16(2,3)18-11-13-10-17-15(20-13)14(19-4)12-8-6-5-7-9-12/h10,12,14,18H,5-9,11H2,1-4H3. The van der Waals surface area contributed by atoms with Crippen LogP contribution in [-0.4, -0.2) is 17.6 Å². The van der Waals surface area contributed by atoms with Gasteiger partial charge in [0.25, 0.3) is 0 Å². The maximum Gasteiger partial charge on any atom is 0.122 e. The Morgan fingerprint density at radius 3 is 2.65 bits per heavy atom. The van der Waals surface area contributed by atoms with E-state index in [1.165, 1.54) is 37.0 Å². The third-order valence-corrected chi connectivity index (χ3v) is 5.00. The van der Waals surface area contributed by atoms with E-state index in [1.807, 2.05) is 13.3 Å². The van der Waals surface area contributed by atoms with Crippen LogP contribution in [0.15, 0.2) is 6.20 Å². The van der Waals surface area contributed by atoms with Gasteiger partial charge in [-0.05, 0) is 39.5 Å². The van der Waals surface area contributed by atoms with Gasteiger partial charge in [-0.15, -0.1) is 11.3 Å². The van der Waals surface area contributed by atoms with Crippen molar-refractivity contribution in [2.75, 3.05) is 7.11 Å². The molecule has 0 radical (unpaired) electrons. The van der Waals surface area contributed by atoms with Crippen molar-refractivity contribution >= 4 is 11.3 Å². The van der Waals surface area contributed by atoms with Crippen molar-refractivity contribution in [3.8, 4) is 0 Å². The lowest BCUT2D eigenvalue weighted by molar-refractivity contribution is 0.0352. The molecule has 1 aromatic heterocycles. The molecule has 2 rings (SSSR count). The number of methoxy groups -OCH3 is 1. The molecule has 0 aromatic carbocycles. The number of thiazole rings is 1. The molecule has 1 atom stereocenters. The Morgan fingerprint density at radius 2 is 2.05 bits per heavy atom. The van der Waals surface area contributed by atoms with E-state index in [9.17, 15) is 0 Å². The Kier molecular flexibility index (Phi) is 5.58. The Balaban J connectivity index is 1.98. The highest BCUT2D eigenvalue weighted by atomic mass is 32.1. The molecule has 4 heteroatoms. The van der Waals surface area contributed by atoms with Gasteiger partial charge in [0.1, 0.15) is 11.1 Å². The van der Waals surface area contributed by atoms with E-state index >= 15 is 0 Å². The van der Waals surface area contributed by atoms with E-state index in [-0.39, 0.29) is 11.6 Å². The Morgan fingerprint density at radius 1 is 1.35 bits per heavy atom. The Hall–Kier alpha value is -0.450. The zero-order valence-electron chi connectivity index (χ0n) is 13.2. The quantitative estimate of drug-likeness (QED) is 0.879. The van der Waals surface area contributed by atoms with Crippen LogP contribution < -0.4 is 5.32 Å². The van der Waals surface area contributed by atoms with Gasteiger partial charge in [-0.2, -0.15) is 0 Å². The minimum absolute atomic E-state index is 0.147. The first-order valence-electron chi connectivity index (χ1n) is 7.72. The fraction of sp³-hybridized carbons (Fsp3) is 0.812. The average molecular weight is 296 g/mol. The predicted molar refractivity (Wildman–Crippen MR) is 85.0 cm³/mol. The SMILES string of the molecule is COC(c1ncc(CNC(C)(C)C)s1)C1CCCCC1. The normalized spacial score (nSPS) is 19.2. The molecule has 0 bridgehead atoms. The third-order valence-electron chi connectivity index (χ3n) is 3.94. The lowest BCUT2D eigenvalue weighted by Crippen LogP contribution is -2.34. The van der Waals surface area contributed by atoms with Gasteiger partial charge in [-0.3, -0.25) is 0 Å². The molecule has 3 nitrogen and oxygen atoms in total. The molecule has 1 N–H and O–H groups in total. The van der Waals surface area contributed by atoms with Crippen molar-refractivity contribution in [1.82, 2.24) is 10.3 Å². The summed E-state index contributed by atoms with van der Waals surface area (Å²) in [6.07, 6.45) is 8.84. The van der Waals surface area contributed by atoms with Gasteiger partial charge >= 0.3 is 0 Å². The molecule has 1 saturated carbocycles.